The van der Waals surface area contributed by atoms with E-state index >= 15 is 0 Å². The summed E-state index contributed by atoms with van der Waals surface area (Å²) in [5, 5.41) is 0. The molecule has 0 aliphatic heterocycles. The second kappa shape index (κ2) is 14.2. The van der Waals surface area contributed by atoms with E-state index in [1.54, 1.807) is 0 Å². The van der Waals surface area contributed by atoms with Gasteiger partial charge in [-0.25, -0.2) is 0 Å². The van der Waals surface area contributed by atoms with Gasteiger partial charge in [0.25, 0.3) is 0 Å². The van der Waals surface area contributed by atoms with E-state index in [0.717, 1.165) is 29.9 Å². The maximum absolute atomic E-state index is 2.41. The molecule has 8 aromatic rings. The minimum Gasteiger partial charge on any atom is -0.310 e. The van der Waals surface area contributed by atoms with Gasteiger partial charge in [0.1, 0.15) is 0 Å². The third-order valence-corrected chi connectivity index (χ3v) is 11.2. The summed E-state index contributed by atoms with van der Waals surface area (Å²) in [4.78, 5) is 2.40. The van der Waals surface area contributed by atoms with Gasteiger partial charge in [0.05, 0.1) is 0 Å². The van der Waals surface area contributed by atoms with Crippen molar-refractivity contribution >= 4 is 17.1 Å². The summed E-state index contributed by atoms with van der Waals surface area (Å²) >= 11 is 0. The first-order chi connectivity index (χ1) is 26.5. The summed E-state index contributed by atoms with van der Waals surface area (Å²) in [5.41, 5.74) is 19.2. The average Bonchev–Trinajstić information content (AvgIpc) is 3.46. The topological polar surface area (TPSA) is 3.24 Å². The van der Waals surface area contributed by atoms with Crippen molar-refractivity contribution in [3.05, 3.63) is 234 Å². The molecule has 0 radical (unpaired) electrons. The number of rotatable bonds is 9. The van der Waals surface area contributed by atoms with Crippen LogP contribution in [0.3, 0.4) is 0 Å². The van der Waals surface area contributed by atoms with E-state index in [1.165, 1.54) is 66.8 Å². The minimum atomic E-state index is -0.0755. The molecular weight excluding hydrogens is 651 g/mol. The Bertz CT molecular complexity index is 2550. The zero-order chi connectivity index (χ0) is 36.5. The number of fused-ring (bicyclic) bond motifs is 3. The van der Waals surface area contributed by atoms with Gasteiger partial charge >= 0.3 is 0 Å². The molecule has 1 aliphatic rings. The molecule has 1 aliphatic carbocycles. The standard InChI is InChI=1S/C53H43N/c1-53(2)51-28-15-14-25-49(51)50-27-16-26-48(52(50)53)40-29-31-44(32-30-40)54(43-22-10-5-11-23-43)45-33-34-47(42(37-45)36-39-19-8-4-9-20-39)46-24-13-12-21-41(46)35-38-17-6-3-7-18-38/h3-34,37H,35-36H2,1-2H3. The molecular formula is C53H43N. The summed E-state index contributed by atoms with van der Waals surface area (Å²) in [5.74, 6) is 0. The highest BCUT2D eigenvalue weighted by atomic mass is 15.1. The lowest BCUT2D eigenvalue weighted by molar-refractivity contribution is 0.662. The Balaban J connectivity index is 1.14. The van der Waals surface area contributed by atoms with Crippen molar-refractivity contribution in [3.63, 3.8) is 0 Å². The van der Waals surface area contributed by atoms with Crippen LogP contribution in [0.15, 0.2) is 200 Å². The van der Waals surface area contributed by atoms with Crippen molar-refractivity contribution in [3.8, 4) is 33.4 Å². The van der Waals surface area contributed by atoms with Crippen LogP contribution in [0.4, 0.5) is 17.1 Å². The highest BCUT2D eigenvalue weighted by Gasteiger charge is 2.37. The Morgan fingerprint density at radius 1 is 0.370 bits per heavy atom. The van der Waals surface area contributed by atoms with Gasteiger partial charge in [-0.3, -0.25) is 0 Å². The highest BCUT2D eigenvalue weighted by molar-refractivity contribution is 5.89. The van der Waals surface area contributed by atoms with Crippen LogP contribution >= 0.6 is 0 Å². The molecule has 0 saturated carbocycles. The Morgan fingerprint density at radius 2 is 0.870 bits per heavy atom. The summed E-state index contributed by atoms with van der Waals surface area (Å²) < 4.78 is 0. The molecule has 0 N–H and O–H groups in total. The Labute approximate surface area is 319 Å². The van der Waals surface area contributed by atoms with Crippen LogP contribution in [0, 0.1) is 0 Å². The van der Waals surface area contributed by atoms with Crippen LogP contribution in [0.2, 0.25) is 0 Å². The number of hydrogen-bond acceptors (Lipinski definition) is 1. The molecule has 260 valence electrons. The molecule has 0 aromatic heterocycles. The van der Waals surface area contributed by atoms with Gasteiger partial charge in [-0.05, 0) is 116 Å². The molecule has 8 aromatic carbocycles. The van der Waals surface area contributed by atoms with Gasteiger partial charge in [-0.1, -0.05) is 178 Å². The maximum Gasteiger partial charge on any atom is 0.0464 e. The van der Waals surface area contributed by atoms with Gasteiger partial charge < -0.3 is 4.90 Å². The van der Waals surface area contributed by atoms with Crippen LogP contribution in [-0.2, 0) is 18.3 Å². The lowest BCUT2D eigenvalue weighted by atomic mass is 9.79. The van der Waals surface area contributed by atoms with Gasteiger partial charge in [-0.2, -0.15) is 0 Å². The van der Waals surface area contributed by atoms with Crippen LogP contribution in [-0.4, -0.2) is 0 Å². The molecule has 54 heavy (non-hydrogen) atoms. The van der Waals surface area contributed by atoms with Crippen molar-refractivity contribution in [2.75, 3.05) is 4.90 Å². The SMILES string of the molecule is CC1(C)c2ccccc2-c2cccc(-c3ccc(N(c4ccccc4)c4ccc(-c5ccccc5Cc5ccccc5)c(Cc5ccccc5)c4)cc3)c21. The van der Waals surface area contributed by atoms with E-state index in [1.807, 2.05) is 0 Å². The van der Waals surface area contributed by atoms with Gasteiger partial charge in [0.2, 0.25) is 0 Å². The predicted octanol–water partition coefficient (Wildman–Crippen LogP) is 14.0. The first kappa shape index (κ1) is 33.4. The third kappa shape index (κ3) is 6.22. The highest BCUT2D eigenvalue weighted by Crippen LogP contribution is 2.52. The fraction of sp³-hybridized carbons (Fsp3) is 0.0943. The largest absolute Gasteiger partial charge is 0.310 e. The van der Waals surface area contributed by atoms with Crippen LogP contribution in [0.1, 0.15) is 47.2 Å². The molecule has 0 heterocycles. The van der Waals surface area contributed by atoms with Crippen molar-refractivity contribution in [1.29, 1.82) is 0 Å². The zero-order valence-corrected chi connectivity index (χ0v) is 30.9. The van der Waals surface area contributed by atoms with Crippen molar-refractivity contribution in [2.24, 2.45) is 0 Å². The number of anilines is 3. The smallest absolute Gasteiger partial charge is 0.0464 e. The zero-order valence-electron chi connectivity index (χ0n) is 30.9. The number of benzene rings is 8. The van der Waals surface area contributed by atoms with E-state index in [9.17, 15) is 0 Å². The molecule has 9 rings (SSSR count). The monoisotopic (exact) mass is 693 g/mol. The summed E-state index contributed by atoms with van der Waals surface area (Å²) in [7, 11) is 0. The van der Waals surface area contributed by atoms with Crippen LogP contribution in [0.5, 0.6) is 0 Å². The molecule has 0 atom stereocenters. The Morgan fingerprint density at radius 3 is 1.57 bits per heavy atom. The molecule has 0 saturated heterocycles. The molecule has 0 spiro atoms. The number of para-hydroxylation sites is 1. The summed E-state index contributed by atoms with van der Waals surface area (Å²) in [6, 6.07) is 73.2. The molecule has 0 unspecified atom stereocenters. The van der Waals surface area contributed by atoms with E-state index in [0.29, 0.717) is 0 Å². The van der Waals surface area contributed by atoms with E-state index < -0.39 is 0 Å². The van der Waals surface area contributed by atoms with Crippen molar-refractivity contribution < 1.29 is 0 Å². The molecule has 1 nitrogen and oxygen atoms in total. The fourth-order valence-corrected chi connectivity index (χ4v) is 8.60. The number of nitrogens with zero attached hydrogens (tertiary/aromatic N) is 1. The average molecular weight is 694 g/mol. The molecule has 0 amide bonds. The van der Waals surface area contributed by atoms with Crippen molar-refractivity contribution in [2.45, 2.75) is 32.1 Å². The number of hydrogen-bond donors (Lipinski definition) is 0. The Hall–Kier alpha value is -6.44. The summed E-state index contributed by atoms with van der Waals surface area (Å²) in [6.07, 6.45) is 1.72. The molecule has 0 bridgehead atoms. The third-order valence-electron chi connectivity index (χ3n) is 11.2. The van der Waals surface area contributed by atoms with Crippen LogP contribution < -0.4 is 4.90 Å². The second-order valence-corrected chi connectivity index (χ2v) is 14.9. The van der Waals surface area contributed by atoms with Gasteiger partial charge in [-0.15, -0.1) is 0 Å². The predicted molar refractivity (Wildman–Crippen MR) is 228 cm³/mol. The van der Waals surface area contributed by atoms with Gasteiger partial charge in [0, 0.05) is 22.5 Å². The van der Waals surface area contributed by atoms with E-state index in [2.05, 4.69) is 219 Å². The lowest BCUT2D eigenvalue weighted by Crippen LogP contribution is -2.16. The summed E-state index contributed by atoms with van der Waals surface area (Å²) in [6.45, 7) is 4.73. The van der Waals surface area contributed by atoms with Gasteiger partial charge in [0.15, 0.2) is 0 Å². The second-order valence-electron chi connectivity index (χ2n) is 14.9. The quantitative estimate of drug-likeness (QED) is 0.145. The van der Waals surface area contributed by atoms with Crippen molar-refractivity contribution in [1.82, 2.24) is 0 Å². The first-order valence-corrected chi connectivity index (χ1v) is 19.0. The van der Waals surface area contributed by atoms with E-state index in [-0.39, 0.29) is 5.41 Å². The first-order valence-electron chi connectivity index (χ1n) is 19.0. The van der Waals surface area contributed by atoms with Crippen LogP contribution in [0.25, 0.3) is 33.4 Å². The molecule has 0 fully saturated rings. The Kier molecular flexibility index (Phi) is 8.77. The fourth-order valence-electron chi connectivity index (χ4n) is 8.60. The minimum absolute atomic E-state index is 0.0755. The van der Waals surface area contributed by atoms with E-state index in [4.69, 9.17) is 0 Å². The maximum atomic E-state index is 2.41. The molecule has 1 heteroatoms. The lowest BCUT2D eigenvalue weighted by Gasteiger charge is -2.28. The normalized spacial score (nSPS) is 12.6.